The summed E-state index contributed by atoms with van der Waals surface area (Å²) < 4.78 is 17.1. The molecule has 2 heterocycles. The summed E-state index contributed by atoms with van der Waals surface area (Å²) in [5, 5.41) is 0.684. The first-order valence-corrected chi connectivity index (χ1v) is 10.3. The highest BCUT2D eigenvalue weighted by atomic mass is 32.2. The van der Waals surface area contributed by atoms with Crippen molar-refractivity contribution >= 4 is 28.5 Å². The lowest BCUT2D eigenvalue weighted by molar-refractivity contribution is -0.137. The van der Waals surface area contributed by atoms with Crippen molar-refractivity contribution in [2.45, 2.75) is 26.0 Å². The maximum atomic E-state index is 13.2. The summed E-state index contributed by atoms with van der Waals surface area (Å²) in [6.07, 6.45) is -0.679. The second kappa shape index (κ2) is 8.14. The zero-order valence-electron chi connectivity index (χ0n) is 15.8. The molecule has 6 nitrogen and oxygen atoms in total. The average molecular weight is 398 g/mol. The molecular weight excluding hydrogens is 376 g/mol. The van der Waals surface area contributed by atoms with Gasteiger partial charge in [0.25, 0.3) is 5.91 Å². The standard InChI is InChI=1S/C21H22N2O4S/c1-3-25-16-10-8-15(9-11-16)22-21-23(14(2)13-28-21)20(24)19-12-26-17-6-4-5-7-18(17)27-19/h4-11,14,19H,3,12-13H2,1-2H3/t14-,19-/m0/s1. The van der Waals surface area contributed by atoms with Gasteiger partial charge in [0, 0.05) is 11.8 Å². The minimum Gasteiger partial charge on any atom is -0.494 e. The number of carbonyl (C=O) groups is 1. The number of fused-ring (bicyclic) bond motifs is 1. The SMILES string of the molecule is CCOc1ccc(N=C2SC[C@H](C)N2C(=O)[C@@H]2COc3ccccc3O2)cc1. The maximum absolute atomic E-state index is 13.2. The molecule has 7 heteroatoms. The van der Waals surface area contributed by atoms with Gasteiger partial charge < -0.3 is 14.2 Å². The number of para-hydroxylation sites is 2. The van der Waals surface area contributed by atoms with Crippen LogP contribution >= 0.6 is 11.8 Å². The van der Waals surface area contributed by atoms with Gasteiger partial charge in [0.2, 0.25) is 6.10 Å². The van der Waals surface area contributed by atoms with Gasteiger partial charge in [0.05, 0.1) is 12.3 Å². The first kappa shape index (κ1) is 18.7. The van der Waals surface area contributed by atoms with Crippen molar-refractivity contribution in [3.05, 3.63) is 48.5 Å². The van der Waals surface area contributed by atoms with Gasteiger partial charge in [-0.2, -0.15) is 0 Å². The smallest absolute Gasteiger partial charge is 0.273 e. The van der Waals surface area contributed by atoms with E-state index in [1.54, 1.807) is 16.7 Å². The number of aliphatic imine (C=N–C) groups is 1. The van der Waals surface area contributed by atoms with Gasteiger partial charge in [0.1, 0.15) is 12.4 Å². The Hall–Kier alpha value is -2.67. The Kier molecular flexibility index (Phi) is 5.43. The van der Waals surface area contributed by atoms with E-state index in [0.717, 1.165) is 17.2 Å². The fourth-order valence-corrected chi connectivity index (χ4v) is 4.23. The van der Waals surface area contributed by atoms with Crippen LogP contribution in [0.4, 0.5) is 5.69 Å². The first-order chi connectivity index (χ1) is 13.7. The second-order valence-electron chi connectivity index (χ2n) is 6.55. The topological polar surface area (TPSA) is 60.4 Å². The molecule has 0 saturated carbocycles. The molecule has 0 unspecified atom stereocenters. The molecule has 2 aliphatic rings. The Morgan fingerprint density at radius 3 is 2.71 bits per heavy atom. The van der Waals surface area contributed by atoms with Crippen molar-refractivity contribution < 1.29 is 19.0 Å². The van der Waals surface area contributed by atoms with E-state index in [-0.39, 0.29) is 18.6 Å². The van der Waals surface area contributed by atoms with Crippen molar-refractivity contribution in [3.8, 4) is 17.2 Å². The lowest BCUT2D eigenvalue weighted by Gasteiger charge is -2.30. The molecule has 2 atom stereocenters. The van der Waals surface area contributed by atoms with Crippen molar-refractivity contribution in [1.29, 1.82) is 0 Å². The summed E-state index contributed by atoms with van der Waals surface area (Å²) in [4.78, 5) is 19.6. The number of thioether (sulfide) groups is 1. The van der Waals surface area contributed by atoms with E-state index in [2.05, 4.69) is 4.99 Å². The molecule has 2 aromatic carbocycles. The van der Waals surface area contributed by atoms with Crippen molar-refractivity contribution in [3.63, 3.8) is 0 Å². The predicted molar refractivity (Wildman–Crippen MR) is 110 cm³/mol. The van der Waals surface area contributed by atoms with Crippen molar-refractivity contribution in [2.75, 3.05) is 19.0 Å². The molecule has 0 radical (unpaired) electrons. The molecule has 28 heavy (non-hydrogen) atoms. The van der Waals surface area contributed by atoms with E-state index in [4.69, 9.17) is 14.2 Å². The van der Waals surface area contributed by atoms with Gasteiger partial charge in [-0.3, -0.25) is 9.69 Å². The van der Waals surface area contributed by atoms with Crippen LogP contribution in [0.15, 0.2) is 53.5 Å². The van der Waals surface area contributed by atoms with Gasteiger partial charge >= 0.3 is 0 Å². The summed E-state index contributed by atoms with van der Waals surface area (Å²) >= 11 is 1.57. The Morgan fingerprint density at radius 2 is 1.96 bits per heavy atom. The number of amides is 1. The van der Waals surface area contributed by atoms with Crippen LogP contribution in [0, 0.1) is 0 Å². The maximum Gasteiger partial charge on any atom is 0.273 e. The minimum atomic E-state index is -0.679. The Bertz CT molecular complexity index is 884. The fourth-order valence-electron chi connectivity index (χ4n) is 3.12. The summed E-state index contributed by atoms with van der Waals surface area (Å²) in [6, 6.07) is 15.0. The quantitative estimate of drug-likeness (QED) is 0.782. The van der Waals surface area contributed by atoms with Crippen LogP contribution in [0.25, 0.3) is 0 Å². The molecular formula is C21H22N2O4S. The first-order valence-electron chi connectivity index (χ1n) is 9.31. The molecule has 4 rings (SSSR count). The monoisotopic (exact) mass is 398 g/mol. The molecule has 0 aromatic heterocycles. The Morgan fingerprint density at radius 1 is 1.21 bits per heavy atom. The molecule has 0 spiro atoms. The third-order valence-corrected chi connectivity index (χ3v) is 5.69. The van der Waals surface area contributed by atoms with Crippen LogP contribution in [0.1, 0.15) is 13.8 Å². The van der Waals surface area contributed by atoms with Crippen LogP contribution in [-0.2, 0) is 4.79 Å². The number of nitrogens with zero attached hydrogens (tertiary/aromatic N) is 2. The molecule has 1 fully saturated rings. The van der Waals surface area contributed by atoms with E-state index in [9.17, 15) is 4.79 Å². The van der Waals surface area contributed by atoms with Gasteiger partial charge in [0.15, 0.2) is 16.7 Å². The van der Waals surface area contributed by atoms with E-state index in [1.807, 2.05) is 62.4 Å². The van der Waals surface area contributed by atoms with Crippen LogP contribution in [-0.4, -0.2) is 47.1 Å². The number of carbonyl (C=O) groups excluding carboxylic acids is 1. The van der Waals surface area contributed by atoms with E-state index >= 15 is 0 Å². The lowest BCUT2D eigenvalue weighted by Crippen LogP contribution is -2.49. The normalized spacial score (nSPS) is 22.4. The van der Waals surface area contributed by atoms with Gasteiger partial charge in [-0.05, 0) is 50.2 Å². The number of benzene rings is 2. The third-order valence-electron chi connectivity index (χ3n) is 4.49. The van der Waals surface area contributed by atoms with E-state index in [0.29, 0.717) is 23.3 Å². The fraction of sp³-hybridized carbons (Fsp3) is 0.333. The molecule has 0 aliphatic carbocycles. The van der Waals surface area contributed by atoms with Crippen LogP contribution < -0.4 is 14.2 Å². The number of rotatable bonds is 4. The van der Waals surface area contributed by atoms with E-state index < -0.39 is 6.10 Å². The van der Waals surface area contributed by atoms with E-state index in [1.165, 1.54) is 0 Å². The zero-order chi connectivity index (χ0) is 19.5. The molecule has 2 aliphatic heterocycles. The summed E-state index contributed by atoms with van der Waals surface area (Å²) in [7, 11) is 0. The van der Waals surface area contributed by atoms with Crippen LogP contribution in [0.3, 0.4) is 0 Å². The highest BCUT2D eigenvalue weighted by molar-refractivity contribution is 8.14. The van der Waals surface area contributed by atoms with Gasteiger partial charge in [-0.1, -0.05) is 23.9 Å². The molecule has 0 N–H and O–H groups in total. The highest BCUT2D eigenvalue weighted by Gasteiger charge is 2.39. The average Bonchev–Trinajstić information content (AvgIpc) is 3.08. The van der Waals surface area contributed by atoms with Gasteiger partial charge in [-0.25, -0.2) is 4.99 Å². The van der Waals surface area contributed by atoms with Gasteiger partial charge in [-0.15, -0.1) is 0 Å². The molecule has 1 amide bonds. The number of ether oxygens (including phenoxy) is 3. The predicted octanol–water partition coefficient (Wildman–Crippen LogP) is 3.88. The molecule has 146 valence electrons. The number of hydrogen-bond acceptors (Lipinski definition) is 6. The summed E-state index contributed by atoms with van der Waals surface area (Å²) in [5.74, 6) is 2.73. The second-order valence-corrected chi connectivity index (χ2v) is 7.54. The zero-order valence-corrected chi connectivity index (χ0v) is 16.6. The minimum absolute atomic E-state index is 0.0414. The van der Waals surface area contributed by atoms with Crippen molar-refractivity contribution in [2.24, 2.45) is 4.99 Å². The molecule has 1 saturated heterocycles. The third kappa shape index (κ3) is 3.80. The van der Waals surface area contributed by atoms with Crippen LogP contribution in [0.2, 0.25) is 0 Å². The number of amidine groups is 1. The lowest BCUT2D eigenvalue weighted by atomic mass is 10.2. The summed E-state index contributed by atoms with van der Waals surface area (Å²) in [6.45, 7) is 4.78. The van der Waals surface area contributed by atoms with Crippen LogP contribution in [0.5, 0.6) is 17.2 Å². The molecule has 2 aromatic rings. The Labute approximate surface area is 168 Å². The summed E-state index contributed by atoms with van der Waals surface area (Å²) in [5.41, 5.74) is 0.781. The highest BCUT2D eigenvalue weighted by Crippen LogP contribution is 2.33. The Balaban J connectivity index is 1.53. The van der Waals surface area contributed by atoms with Crippen molar-refractivity contribution in [1.82, 2.24) is 4.90 Å². The molecule has 0 bridgehead atoms. The number of hydrogen-bond donors (Lipinski definition) is 0. The largest absolute Gasteiger partial charge is 0.494 e.